The largest absolute Gasteiger partial charge is 0.378 e. The Morgan fingerprint density at radius 3 is 2.72 bits per heavy atom. The molecule has 2 aromatic rings. The lowest BCUT2D eigenvalue weighted by atomic mass is 10.1. The number of carbonyl (C=O) groups excluding carboxylic acids is 1. The minimum absolute atomic E-state index is 0.0270. The minimum atomic E-state index is -0.0270. The van der Waals surface area contributed by atoms with Gasteiger partial charge >= 0.3 is 0 Å². The molecule has 3 rings (SSSR count). The molecule has 0 radical (unpaired) electrons. The van der Waals surface area contributed by atoms with Crippen LogP contribution < -0.4 is 10.2 Å². The second kappa shape index (κ2) is 8.16. The summed E-state index contributed by atoms with van der Waals surface area (Å²) in [6.45, 7) is 7.53. The van der Waals surface area contributed by atoms with E-state index in [1.54, 1.807) is 0 Å². The fraction of sp³-hybridized carbons (Fsp3) is 0.474. The molecule has 6 nitrogen and oxygen atoms in total. The number of benzene rings is 1. The summed E-state index contributed by atoms with van der Waals surface area (Å²) < 4.78 is 10.6. The minimum Gasteiger partial charge on any atom is -0.378 e. The van der Waals surface area contributed by atoms with Crippen LogP contribution in [0.5, 0.6) is 0 Å². The summed E-state index contributed by atoms with van der Waals surface area (Å²) in [6, 6.07) is 7.76. The molecule has 25 heavy (non-hydrogen) atoms. The molecule has 134 valence electrons. The molecular weight excluding hydrogens is 318 g/mol. The number of amides is 1. The van der Waals surface area contributed by atoms with Gasteiger partial charge in [-0.25, -0.2) is 0 Å². The van der Waals surface area contributed by atoms with Gasteiger partial charge in [0.15, 0.2) is 0 Å². The van der Waals surface area contributed by atoms with Crippen LogP contribution in [0.25, 0.3) is 0 Å². The van der Waals surface area contributed by atoms with Crippen molar-refractivity contribution in [1.82, 2.24) is 10.5 Å². The van der Waals surface area contributed by atoms with Crippen LogP contribution in [0.1, 0.15) is 33.8 Å². The lowest BCUT2D eigenvalue weighted by Crippen LogP contribution is -2.38. The molecule has 0 aliphatic carbocycles. The Morgan fingerprint density at radius 2 is 2.00 bits per heavy atom. The number of ether oxygens (including phenoxy) is 1. The van der Waals surface area contributed by atoms with Gasteiger partial charge < -0.3 is 19.5 Å². The van der Waals surface area contributed by atoms with Gasteiger partial charge in [-0.05, 0) is 38.8 Å². The van der Waals surface area contributed by atoms with Crippen LogP contribution in [0.2, 0.25) is 0 Å². The monoisotopic (exact) mass is 343 g/mol. The van der Waals surface area contributed by atoms with Crippen LogP contribution in [-0.2, 0) is 11.2 Å². The summed E-state index contributed by atoms with van der Waals surface area (Å²) in [6.07, 6.45) is 1.71. The molecule has 1 aromatic carbocycles. The van der Waals surface area contributed by atoms with E-state index < -0.39 is 0 Å². The molecule has 0 unspecified atom stereocenters. The number of rotatable bonds is 6. The number of para-hydroxylation sites is 1. The zero-order valence-electron chi connectivity index (χ0n) is 14.9. The Balaban J connectivity index is 1.56. The number of hydrogen-bond acceptors (Lipinski definition) is 5. The van der Waals surface area contributed by atoms with Gasteiger partial charge in [0.05, 0.1) is 24.5 Å². The summed E-state index contributed by atoms with van der Waals surface area (Å²) in [5.41, 5.74) is 3.78. The third-order valence-electron chi connectivity index (χ3n) is 4.57. The zero-order valence-corrected chi connectivity index (χ0v) is 14.9. The lowest BCUT2D eigenvalue weighted by Gasteiger charge is -2.30. The Morgan fingerprint density at radius 1 is 1.24 bits per heavy atom. The van der Waals surface area contributed by atoms with Crippen LogP contribution in [0, 0.1) is 13.8 Å². The van der Waals surface area contributed by atoms with E-state index in [1.165, 1.54) is 0 Å². The third-order valence-corrected chi connectivity index (χ3v) is 4.57. The average Bonchev–Trinajstić information content (AvgIpc) is 2.97. The van der Waals surface area contributed by atoms with Gasteiger partial charge in [-0.3, -0.25) is 4.79 Å². The average molecular weight is 343 g/mol. The van der Waals surface area contributed by atoms with Gasteiger partial charge in [0, 0.05) is 30.9 Å². The molecule has 0 spiro atoms. The second-order valence-corrected chi connectivity index (χ2v) is 6.28. The van der Waals surface area contributed by atoms with Crippen molar-refractivity contribution in [2.45, 2.75) is 26.7 Å². The van der Waals surface area contributed by atoms with Crippen molar-refractivity contribution >= 4 is 11.6 Å². The quantitative estimate of drug-likeness (QED) is 0.816. The van der Waals surface area contributed by atoms with E-state index in [0.717, 1.165) is 54.2 Å². The smallest absolute Gasteiger partial charge is 0.253 e. The summed E-state index contributed by atoms with van der Waals surface area (Å²) in [7, 11) is 0. The maximum atomic E-state index is 12.6. The molecule has 1 aromatic heterocycles. The molecule has 1 fully saturated rings. The van der Waals surface area contributed by atoms with Gasteiger partial charge in [0.1, 0.15) is 5.76 Å². The molecular formula is C19H25N3O3. The molecule has 6 heteroatoms. The predicted molar refractivity (Wildman–Crippen MR) is 96.1 cm³/mol. The van der Waals surface area contributed by atoms with E-state index in [4.69, 9.17) is 9.26 Å². The number of aryl methyl sites for hydroxylation is 2. The lowest BCUT2D eigenvalue weighted by molar-refractivity contribution is 0.0951. The van der Waals surface area contributed by atoms with Gasteiger partial charge in [-0.1, -0.05) is 17.3 Å². The summed E-state index contributed by atoms with van der Waals surface area (Å²) in [5, 5.41) is 6.99. The van der Waals surface area contributed by atoms with Crippen molar-refractivity contribution in [3.63, 3.8) is 0 Å². The summed E-state index contributed by atoms with van der Waals surface area (Å²) >= 11 is 0. The van der Waals surface area contributed by atoms with Gasteiger partial charge in [0.25, 0.3) is 5.91 Å². The van der Waals surface area contributed by atoms with E-state index in [2.05, 4.69) is 15.4 Å². The van der Waals surface area contributed by atoms with Gasteiger partial charge in [-0.15, -0.1) is 0 Å². The van der Waals surface area contributed by atoms with Crippen molar-refractivity contribution in [1.29, 1.82) is 0 Å². The highest BCUT2D eigenvalue weighted by Gasteiger charge is 2.18. The standard InChI is InChI=1S/C19H25N3O3/c1-14-16(15(2)25-21-14)7-5-9-20-19(23)17-6-3-4-8-18(17)22-10-12-24-13-11-22/h3-4,6,8H,5,7,9-13H2,1-2H3,(H,20,23). The van der Waals surface area contributed by atoms with E-state index in [1.807, 2.05) is 38.1 Å². The fourth-order valence-corrected chi connectivity index (χ4v) is 3.17. The Labute approximate surface area is 148 Å². The number of hydrogen-bond donors (Lipinski definition) is 1. The first kappa shape index (κ1) is 17.5. The van der Waals surface area contributed by atoms with Crippen molar-refractivity contribution in [2.24, 2.45) is 0 Å². The van der Waals surface area contributed by atoms with Crippen molar-refractivity contribution in [3.05, 3.63) is 46.8 Å². The van der Waals surface area contributed by atoms with E-state index in [-0.39, 0.29) is 5.91 Å². The maximum absolute atomic E-state index is 12.6. The Kier molecular flexibility index (Phi) is 5.71. The van der Waals surface area contributed by atoms with Crippen molar-refractivity contribution < 1.29 is 14.1 Å². The molecule has 1 aliphatic rings. The highest BCUT2D eigenvalue weighted by molar-refractivity contribution is 5.99. The van der Waals surface area contributed by atoms with Crippen molar-refractivity contribution in [2.75, 3.05) is 37.7 Å². The van der Waals surface area contributed by atoms with Crippen LogP contribution in [0.15, 0.2) is 28.8 Å². The topological polar surface area (TPSA) is 67.6 Å². The molecule has 0 saturated carbocycles. The van der Waals surface area contributed by atoms with E-state index in [9.17, 15) is 4.79 Å². The number of anilines is 1. The van der Waals surface area contributed by atoms with Gasteiger partial charge in [0.2, 0.25) is 0 Å². The van der Waals surface area contributed by atoms with Crippen molar-refractivity contribution in [3.8, 4) is 0 Å². The number of morpholine rings is 1. The number of aromatic nitrogens is 1. The zero-order chi connectivity index (χ0) is 17.6. The number of nitrogens with one attached hydrogen (secondary N) is 1. The Bertz CT molecular complexity index is 701. The van der Waals surface area contributed by atoms with Crippen LogP contribution in [0.4, 0.5) is 5.69 Å². The molecule has 2 heterocycles. The number of nitrogens with zero attached hydrogens (tertiary/aromatic N) is 2. The predicted octanol–water partition coefficient (Wildman–Crippen LogP) is 2.49. The molecule has 1 N–H and O–H groups in total. The third kappa shape index (κ3) is 4.20. The van der Waals surface area contributed by atoms with E-state index >= 15 is 0 Å². The fourth-order valence-electron chi connectivity index (χ4n) is 3.17. The second-order valence-electron chi connectivity index (χ2n) is 6.28. The van der Waals surface area contributed by atoms with Gasteiger partial charge in [-0.2, -0.15) is 0 Å². The summed E-state index contributed by atoms with van der Waals surface area (Å²) in [4.78, 5) is 14.8. The first-order valence-corrected chi connectivity index (χ1v) is 8.78. The molecule has 0 atom stereocenters. The maximum Gasteiger partial charge on any atom is 0.253 e. The molecule has 1 amide bonds. The highest BCUT2D eigenvalue weighted by Crippen LogP contribution is 2.21. The first-order valence-electron chi connectivity index (χ1n) is 8.78. The first-order chi connectivity index (χ1) is 12.2. The SMILES string of the molecule is Cc1noc(C)c1CCCNC(=O)c1ccccc1N1CCOCC1. The van der Waals surface area contributed by atoms with Crippen LogP contribution in [0.3, 0.4) is 0 Å². The molecule has 1 aliphatic heterocycles. The molecule has 1 saturated heterocycles. The highest BCUT2D eigenvalue weighted by atomic mass is 16.5. The van der Waals surface area contributed by atoms with E-state index in [0.29, 0.717) is 19.8 Å². The van der Waals surface area contributed by atoms with Crippen LogP contribution >= 0.6 is 0 Å². The Hall–Kier alpha value is -2.34. The number of carbonyl (C=O) groups is 1. The normalized spacial score (nSPS) is 14.6. The molecule has 0 bridgehead atoms. The van der Waals surface area contributed by atoms with Crippen LogP contribution in [-0.4, -0.2) is 43.9 Å². The summed E-state index contributed by atoms with van der Waals surface area (Å²) in [5.74, 6) is 0.836.